The summed E-state index contributed by atoms with van der Waals surface area (Å²) in [5.41, 5.74) is 0. The monoisotopic (exact) mass is 293 g/mol. The van der Waals surface area contributed by atoms with Crippen LogP contribution in [0.15, 0.2) is 0 Å². The standard InChI is InChI=1S/C11H19NO4S2/c13-11(14)6-10-8-18(15,16)5-3-12(10)9-2-1-4-17-7-9/h9-10H,1-8H2,(H,13,14). The highest BCUT2D eigenvalue weighted by atomic mass is 32.2. The second-order valence-electron chi connectivity index (χ2n) is 4.97. The number of aliphatic carboxylic acids is 1. The number of sulfone groups is 1. The minimum atomic E-state index is -3.06. The van der Waals surface area contributed by atoms with Crippen molar-refractivity contribution < 1.29 is 18.3 Å². The maximum absolute atomic E-state index is 11.6. The second-order valence-corrected chi connectivity index (χ2v) is 8.35. The van der Waals surface area contributed by atoms with Crippen LogP contribution in [0.1, 0.15) is 19.3 Å². The number of carboxylic acids is 1. The third-order valence-electron chi connectivity index (χ3n) is 3.59. The Morgan fingerprint density at radius 3 is 2.83 bits per heavy atom. The first-order chi connectivity index (χ1) is 8.48. The number of thioether (sulfide) groups is 1. The fourth-order valence-corrected chi connectivity index (χ4v) is 5.46. The molecule has 2 aliphatic rings. The molecular formula is C11H19NO4S2. The van der Waals surface area contributed by atoms with E-state index in [9.17, 15) is 13.2 Å². The van der Waals surface area contributed by atoms with Crippen molar-refractivity contribution in [3.05, 3.63) is 0 Å². The summed E-state index contributed by atoms with van der Waals surface area (Å²) < 4.78 is 23.3. The Bertz CT molecular complexity index is 403. The van der Waals surface area contributed by atoms with Gasteiger partial charge in [0.1, 0.15) is 0 Å². The van der Waals surface area contributed by atoms with E-state index in [0.29, 0.717) is 12.6 Å². The van der Waals surface area contributed by atoms with Gasteiger partial charge in [-0.05, 0) is 18.6 Å². The second kappa shape index (κ2) is 5.79. The van der Waals surface area contributed by atoms with Gasteiger partial charge < -0.3 is 5.11 Å². The minimum Gasteiger partial charge on any atom is -0.481 e. The average molecular weight is 293 g/mol. The van der Waals surface area contributed by atoms with Gasteiger partial charge >= 0.3 is 5.97 Å². The first-order valence-corrected chi connectivity index (χ1v) is 9.21. The van der Waals surface area contributed by atoms with Crippen molar-refractivity contribution in [3.63, 3.8) is 0 Å². The molecule has 0 bridgehead atoms. The van der Waals surface area contributed by atoms with E-state index >= 15 is 0 Å². The molecule has 2 saturated heterocycles. The number of hydrogen-bond acceptors (Lipinski definition) is 5. The predicted molar refractivity (Wildman–Crippen MR) is 71.7 cm³/mol. The van der Waals surface area contributed by atoms with Crippen molar-refractivity contribution >= 4 is 27.6 Å². The van der Waals surface area contributed by atoms with E-state index in [4.69, 9.17) is 5.11 Å². The molecular weight excluding hydrogens is 274 g/mol. The van der Waals surface area contributed by atoms with Crippen LogP contribution < -0.4 is 0 Å². The summed E-state index contributed by atoms with van der Waals surface area (Å²) in [5, 5.41) is 8.93. The molecule has 2 aliphatic heterocycles. The highest BCUT2D eigenvalue weighted by Gasteiger charge is 2.36. The molecule has 104 valence electrons. The number of rotatable bonds is 3. The Balaban J connectivity index is 2.08. The van der Waals surface area contributed by atoms with Crippen molar-refractivity contribution in [3.8, 4) is 0 Å². The van der Waals surface area contributed by atoms with E-state index in [1.165, 1.54) is 0 Å². The van der Waals surface area contributed by atoms with E-state index in [1.807, 2.05) is 11.8 Å². The summed E-state index contributed by atoms with van der Waals surface area (Å²) in [4.78, 5) is 13.0. The molecule has 2 heterocycles. The van der Waals surface area contributed by atoms with Crippen LogP contribution in [0.5, 0.6) is 0 Å². The first-order valence-electron chi connectivity index (χ1n) is 6.23. The van der Waals surface area contributed by atoms with Gasteiger partial charge in [-0.1, -0.05) is 0 Å². The summed E-state index contributed by atoms with van der Waals surface area (Å²) in [6.45, 7) is 0.492. The molecule has 0 aromatic rings. The third-order valence-corrected chi connectivity index (χ3v) is 6.49. The van der Waals surface area contributed by atoms with Crippen molar-refractivity contribution in [2.45, 2.75) is 31.3 Å². The van der Waals surface area contributed by atoms with Crippen molar-refractivity contribution in [2.24, 2.45) is 0 Å². The van der Waals surface area contributed by atoms with Crippen LogP contribution in [-0.4, -0.2) is 66.0 Å². The number of carbonyl (C=O) groups is 1. The van der Waals surface area contributed by atoms with Gasteiger partial charge in [-0.2, -0.15) is 11.8 Å². The lowest BCUT2D eigenvalue weighted by Gasteiger charge is -2.41. The lowest BCUT2D eigenvalue weighted by molar-refractivity contribution is -0.138. The lowest BCUT2D eigenvalue weighted by atomic mass is 10.1. The molecule has 2 rings (SSSR count). The Morgan fingerprint density at radius 2 is 2.22 bits per heavy atom. The van der Waals surface area contributed by atoms with E-state index < -0.39 is 15.8 Å². The maximum Gasteiger partial charge on any atom is 0.304 e. The number of hydrogen-bond donors (Lipinski definition) is 1. The van der Waals surface area contributed by atoms with Gasteiger partial charge in [0, 0.05) is 24.4 Å². The molecule has 2 unspecified atom stereocenters. The van der Waals surface area contributed by atoms with Crippen molar-refractivity contribution in [1.29, 1.82) is 0 Å². The van der Waals surface area contributed by atoms with Crippen LogP contribution in [0, 0.1) is 0 Å². The first kappa shape index (κ1) is 14.1. The largest absolute Gasteiger partial charge is 0.481 e. The van der Waals surface area contributed by atoms with Gasteiger partial charge in [0.15, 0.2) is 9.84 Å². The molecule has 0 aliphatic carbocycles. The zero-order valence-corrected chi connectivity index (χ0v) is 11.9. The fraction of sp³-hybridized carbons (Fsp3) is 0.909. The molecule has 0 amide bonds. The summed E-state index contributed by atoms with van der Waals surface area (Å²) in [7, 11) is -3.06. The Kier molecular flexibility index (Phi) is 4.55. The molecule has 0 spiro atoms. The minimum absolute atomic E-state index is 0.000463. The highest BCUT2D eigenvalue weighted by molar-refractivity contribution is 7.99. The molecule has 7 heteroatoms. The van der Waals surface area contributed by atoms with Gasteiger partial charge in [0.25, 0.3) is 0 Å². The molecule has 0 saturated carbocycles. The smallest absolute Gasteiger partial charge is 0.304 e. The average Bonchev–Trinajstić information content (AvgIpc) is 2.28. The number of carboxylic acid groups (broad SMARTS) is 1. The molecule has 18 heavy (non-hydrogen) atoms. The quantitative estimate of drug-likeness (QED) is 0.814. The van der Waals surface area contributed by atoms with Crippen LogP contribution >= 0.6 is 11.8 Å². The Labute approximate surface area is 112 Å². The number of nitrogens with zero attached hydrogens (tertiary/aromatic N) is 1. The Morgan fingerprint density at radius 1 is 1.44 bits per heavy atom. The molecule has 0 aromatic heterocycles. The van der Waals surface area contributed by atoms with Gasteiger partial charge in [0.2, 0.25) is 0 Å². The predicted octanol–water partition coefficient (Wildman–Crippen LogP) is 0.456. The van der Waals surface area contributed by atoms with E-state index in [-0.39, 0.29) is 24.0 Å². The maximum atomic E-state index is 11.6. The molecule has 2 fully saturated rings. The summed E-state index contributed by atoms with van der Waals surface area (Å²) in [6.07, 6.45) is 2.13. The van der Waals surface area contributed by atoms with Crippen LogP contribution in [0.3, 0.4) is 0 Å². The summed E-state index contributed by atoms with van der Waals surface area (Å²) in [5.74, 6) is 1.42. The molecule has 0 aromatic carbocycles. The summed E-state index contributed by atoms with van der Waals surface area (Å²) in [6, 6.07) is 0.00792. The molecule has 5 nitrogen and oxygen atoms in total. The summed E-state index contributed by atoms with van der Waals surface area (Å²) >= 11 is 1.88. The van der Waals surface area contributed by atoms with Crippen LogP contribution in [0.2, 0.25) is 0 Å². The zero-order valence-electron chi connectivity index (χ0n) is 10.2. The lowest BCUT2D eigenvalue weighted by Crippen LogP contribution is -2.54. The van der Waals surface area contributed by atoms with Gasteiger partial charge in [-0.15, -0.1) is 0 Å². The van der Waals surface area contributed by atoms with E-state index in [0.717, 1.165) is 24.3 Å². The van der Waals surface area contributed by atoms with Gasteiger partial charge in [0.05, 0.1) is 17.9 Å². The molecule has 2 atom stereocenters. The molecule has 0 radical (unpaired) electrons. The Hall–Kier alpha value is -0.270. The van der Waals surface area contributed by atoms with E-state index in [1.54, 1.807) is 0 Å². The van der Waals surface area contributed by atoms with Crippen LogP contribution in [0.25, 0.3) is 0 Å². The van der Waals surface area contributed by atoms with Crippen molar-refractivity contribution in [2.75, 3.05) is 29.6 Å². The van der Waals surface area contributed by atoms with Gasteiger partial charge in [-0.25, -0.2) is 8.42 Å². The highest BCUT2D eigenvalue weighted by Crippen LogP contribution is 2.26. The topological polar surface area (TPSA) is 74.7 Å². The normalized spacial score (nSPS) is 33.1. The van der Waals surface area contributed by atoms with E-state index in [2.05, 4.69) is 4.90 Å². The van der Waals surface area contributed by atoms with Crippen LogP contribution in [-0.2, 0) is 14.6 Å². The van der Waals surface area contributed by atoms with Crippen LogP contribution in [0.4, 0.5) is 0 Å². The molecule has 1 N–H and O–H groups in total. The third kappa shape index (κ3) is 3.61. The SMILES string of the molecule is O=C(O)CC1CS(=O)(=O)CCN1C1CCCSC1. The van der Waals surface area contributed by atoms with Gasteiger partial charge in [-0.3, -0.25) is 9.69 Å². The fourth-order valence-electron chi connectivity index (χ4n) is 2.74. The zero-order chi connectivity index (χ0) is 13.2. The van der Waals surface area contributed by atoms with Crippen molar-refractivity contribution in [1.82, 2.24) is 4.90 Å².